The summed E-state index contributed by atoms with van der Waals surface area (Å²) < 4.78 is 30.2. The van der Waals surface area contributed by atoms with Crippen molar-refractivity contribution in [2.24, 2.45) is 0 Å². The van der Waals surface area contributed by atoms with Gasteiger partial charge in [0.25, 0.3) is 0 Å². The summed E-state index contributed by atoms with van der Waals surface area (Å²) in [4.78, 5) is 11.7. The third-order valence-corrected chi connectivity index (χ3v) is 5.16. The molecule has 5 nitrogen and oxygen atoms in total. The van der Waals surface area contributed by atoms with E-state index in [4.69, 9.17) is 14.2 Å². The zero-order valence-electron chi connectivity index (χ0n) is 16.4. The smallest absolute Gasteiger partial charge is 0.309 e. The van der Waals surface area contributed by atoms with Crippen molar-refractivity contribution < 1.29 is 28.5 Å². The lowest BCUT2D eigenvalue weighted by molar-refractivity contribution is -0.156. The molecule has 1 fully saturated rings. The van der Waals surface area contributed by atoms with Gasteiger partial charge >= 0.3 is 5.97 Å². The minimum atomic E-state index is -0.705. The van der Waals surface area contributed by atoms with Gasteiger partial charge in [0.1, 0.15) is 11.9 Å². The van der Waals surface area contributed by atoms with E-state index in [9.17, 15) is 14.3 Å². The first-order valence-corrected chi connectivity index (χ1v) is 9.70. The van der Waals surface area contributed by atoms with Crippen LogP contribution >= 0.6 is 0 Å². The fourth-order valence-corrected chi connectivity index (χ4v) is 3.77. The van der Waals surface area contributed by atoms with Crippen LogP contribution in [0.2, 0.25) is 0 Å². The number of carbonyl (C=O) groups is 1. The molecular weight excluding hydrogens is 375 g/mol. The highest BCUT2D eigenvalue weighted by Gasteiger charge is 2.28. The van der Waals surface area contributed by atoms with Gasteiger partial charge in [-0.15, -0.1) is 0 Å². The highest BCUT2D eigenvalue weighted by molar-refractivity contribution is 5.85. The normalized spacial score (nSPS) is 21.1. The Morgan fingerprint density at radius 3 is 2.66 bits per heavy atom. The molecule has 4 rings (SSSR count). The van der Waals surface area contributed by atoms with Crippen molar-refractivity contribution in [3.8, 4) is 22.6 Å². The maximum absolute atomic E-state index is 13.5. The second kappa shape index (κ2) is 7.87. The molecule has 1 saturated heterocycles. The number of hydrogen-bond acceptors (Lipinski definition) is 5. The Hall–Kier alpha value is -2.86. The van der Waals surface area contributed by atoms with Crippen LogP contribution in [0.15, 0.2) is 36.4 Å². The number of hydrogen-bond donors (Lipinski definition) is 1. The van der Waals surface area contributed by atoms with Gasteiger partial charge in [-0.3, -0.25) is 4.79 Å². The summed E-state index contributed by atoms with van der Waals surface area (Å²) in [6, 6.07) is 8.19. The third kappa shape index (κ3) is 3.98. The monoisotopic (exact) mass is 398 g/mol. The van der Waals surface area contributed by atoms with Crippen molar-refractivity contribution in [3.05, 3.63) is 53.4 Å². The molecule has 0 bridgehead atoms. The number of cyclic esters (lactones) is 1. The first-order valence-electron chi connectivity index (χ1n) is 9.70. The van der Waals surface area contributed by atoms with Crippen LogP contribution in [-0.2, 0) is 9.53 Å². The average Bonchev–Trinajstić information content (AvgIpc) is 3.13. The van der Waals surface area contributed by atoms with Crippen molar-refractivity contribution in [1.29, 1.82) is 0 Å². The second-order valence-electron chi connectivity index (χ2n) is 7.63. The quantitative estimate of drug-likeness (QED) is 0.772. The molecule has 0 saturated carbocycles. The highest BCUT2D eigenvalue weighted by atomic mass is 19.1. The van der Waals surface area contributed by atoms with Crippen molar-refractivity contribution in [2.75, 3.05) is 6.79 Å². The zero-order chi connectivity index (χ0) is 20.5. The first kappa shape index (κ1) is 19.5. The topological polar surface area (TPSA) is 65.0 Å². The van der Waals surface area contributed by atoms with Crippen LogP contribution in [0, 0.1) is 5.82 Å². The standard InChI is InChI=1S/C23H23FO5/c1-13(2)19-11-20-23(28-12-27-20)22(14-3-5-15(24)6-4-14)18(19)8-7-17-9-16(25)10-21(26)29-17/h3-8,11,13,16-17,25H,9-10,12H2,1-2H3/t16-,17-/m0/s1. The van der Waals surface area contributed by atoms with E-state index in [1.807, 2.05) is 12.1 Å². The summed E-state index contributed by atoms with van der Waals surface area (Å²) in [6.45, 7) is 4.28. The molecule has 0 aromatic heterocycles. The van der Waals surface area contributed by atoms with Crippen LogP contribution in [0.1, 0.15) is 43.7 Å². The fourth-order valence-electron chi connectivity index (χ4n) is 3.77. The van der Waals surface area contributed by atoms with Crippen LogP contribution in [0.3, 0.4) is 0 Å². The largest absolute Gasteiger partial charge is 0.458 e. The van der Waals surface area contributed by atoms with E-state index in [2.05, 4.69) is 13.8 Å². The number of fused-ring (bicyclic) bond motifs is 1. The molecule has 2 atom stereocenters. The van der Waals surface area contributed by atoms with Gasteiger partial charge in [0, 0.05) is 12.0 Å². The fraction of sp³-hybridized carbons (Fsp3) is 0.348. The Morgan fingerprint density at radius 1 is 1.21 bits per heavy atom. The van der Waals surface area contributed by atoms with Gasteiger partial charge in [0.15, 0.2) is 11.5 Å². The molecule has 152 valence electrons. The van der Waals surface area contributed by atoms with Crippen molar-refractivity contribution in [3.63, 3.8) is 0 Å². The lowest BCUT2D eigenvalue weighted by atomic mass is 9.88. The number of ether oxygens (including phenoxy) is 3. The maximum Gasteiger partial charge on any atom is 0.309 e. The van der Waals surface area contributed by atoms with Crippen LogP contribution in [0.5, 0.6) is 11.5 Å². The summed E-state index contributed by atoms with van der Waals surface area (Å²) in [5.41, 5.74) is 3.54. The molecule has 0 radical (unpaired) electrons. The zero-order valence-corrected chi connectivity index (χ0v) is 16.4. The Bertz CT molecular complexity index is 949. The van der Waals surface area contributed by atoms with Crippen LogP contribution in [0.25, 0.3) is 17.2 Å². The summed E-state index contributed by atoms with van der Waals surface area (Å²) in [5.74, 6) is 0.726. The van der Waals surface area contributed by atoms with Gasteiger partial charge < -0.3 is 19.3 Å². The molecule has 0 aliphatic carbocycles. The molecule has 2 aromatic rings. The third-order valence-electron chi connectivity index (χ3n) is 5.16. The van der Waals surface area contributed by atoms with Gasteiger partial charge in [-0.2, -0.15) is 0 Å². The van der Waals surface area contributed by atoms with Gasteiger partial charge in [-0.05, 0) is 46.9 Å². The van der Waals surface area contributed by atoms with Crippen LogP contribution in [0.4, 0.5) is 4.39 Å². The van der Waals surface area contributed by atoms with Gasteiger partial charge in [0.2, 0.25) is 6.79 Å². The molecule has 2 heterocycles. The number of rotatable bonds is 4. The molecule has 2 aliphatic heterocycles. The number of carbonyl (C=O) groups excluding carboxylic acids is 1. The number of aliphatic hydroxyl groups is 1. The molecule has 0 unspecified atom stereocenters. The van der Waals surface area contributed by atoms with E-state index in [-0.39, 0.29) is 24.9 Å². The SMILES string of the molecule is CC(C)c1cc2c(c(-c3ccc(F)cc3)c1C=C[C@H]1C[C@H](O)CC(=O)O1)OCO2. The van der Waals surface area contributed by atoms with Crippen molar-refractivity contribution in [2.45, 2.75) is 44.8 Å². The molecule has 6 heteroatoms. The minimum absolute atomic E-state index is 0.0203. The van der Waals surface area contributed by atoms with Crippen LogP contribution in [-0.4, -0.2) is 30.1 Å². The van der Waals surface area contributed by atoms with Crippen molar-refractivity contribution in [1.82, 2.24) is 0 Å². The first-order chi connectivity index (χ1) is 13.9. The Morgan fingerprint density at radius 2 is 1.97 bits per heavy atom. The predicted molar refractivity (Wildman–Crippen MR) is 106 cm³/mol. The highest BCUT2D eigenvalue weighted by Crippen LogP contribution is 2.47. The maximum atomic E-state index is 13.5. The van der Waals surface area contributed by atoms with Gasteiger partial charge in [-0.25, -0.2) is 4.39 Å². The molecule has 0 spiro atoms. The summed E-state index contributed by atoms with van der Waals surface area (Å²) in [7, 11) is 0. The van der Waals surface area contributed by atoms with E-state index in [0.29, 0.717) is 17.9 Å². The summed E-state index contributed by atoms with van der Waals surface area (Å²) in [5, 5.41) is 9.87. The molecule has 0 amide bonds. The molecule has 29 heavy (non-hydrogen) atoms. The van der Waals surface area contributed by atoms with E-state index >= 15 is 0 Å². The van der Waals surface area contributed by atoms with Gasteiger partial charge in [-0.1, -0.05) is 32.1 Å². The van der Waals surface area contributed by atoms with E-state index in [0.717, 1.165) is 22.3 Å². The number of halogens is 1. The van der Waals surface area contributed by atoms with Gasteiger partial charge in [0.05, 0.1) is 12.5 Å². The molecule has 1 N–H and O–H groups in total. The van der Waals surface area contributed by atoms with Crippen molar-refractivity contribution >= 4 is 12.0 Å². The number of aliphatic hydroxyl groups excluding tert-OH is 1. The van der Waals surface area contributed by atoms with Crippen LogP contribution < -0.4 is 9.47 Å². The second-order valence-corrected chi connectivity index (χ2v) is 7.63. The molecular formula is C23H23FO5. The lowest BCUT2D eigenvalue weighted by Gasteiger charge is -2.24. The summed E-state index contributed by atoms with van der Waals surface area (Å²) >= 11 is 0. The number of esters is 1. The Labute approximate surface area is 168 Å². The van der Waals surface area contributed by atoms with E-state index < -0.39 is 18.2 Å². The molecule has 2 aromatic carbocycles. The van der Waals surface area contributed by atoms with E-state index in [1.165, 1.54) is 12.1 Å². The molecule has 2 aliphatic rings. The number of benzene rings is 2. The predicted octanol–water partition coefficient (Wildman–Crippen LogP) is 4.42. The summed E-state index contributed by atoms with van der Waals surface area (Å²) in [6.07, 6.45) is 2.85. The Balaban J connectivity index is 1.83. The Kier molecular flexibility index (Phi) is 5.28. The van der Waals surface area contributed by atoms with E-state index in [1.54, 1.807) is 18.2 Å². The lowest BCUT2D eigenvalue weighted by Crippen LogP contribution is -2.31. The average molecular weight is 398 g/mol. The minimum Gasteiger partial charge on any atom is -0.458 e.